The summed E-state index contributed by atoms with van der Waals surface area (Å²) in [6.45, 7) is 0. The first-order valence-electron chi connectivity index (χ1n) is 7.22. The highest BCUT2D eigenvalue weighted by molar-refractivity contribution is 7.89. The molecule has 0 bridgehead atoms. The molecule has 2 rings (SSSR count). The van der Waals surface area contributed by atoms with Gasteiger partial charge in [0, 0.05) is 12.5 Å². The van der Waals surface area contributed by atoms with Gasteiger partial charge in [-0.1, -0.05) is 25.7 Å². The average molecular weight is 302 g/mol. The van der Waals surface area contributed by atoms with Gasteiger partial charge >= 0.3 is 0 Å². The van der Waals surface area contributed by atoms with E-state index in [9.17, 15) is 18.0 Å². The summed E-state index contributed by atoms with van der Waals surface area (Å²) in [6, 6.07) is -0.747. The van der Waals surface area contributed by atoms with Gasteiger partial charge in [-0.05, 0) is 19.3 Å². The third-order valence-corrected chi connectivity index (χ3v) is 5.19. The van der Waals surface area contributed by atoms with Gasteiger partial charge in [-0.3, -0.25) is 9.59 Å². The average Bonchev–Trinajstić information content (AvgIpc) is 2.58. The van der Waals surface area contributed by atoms with Gasteiger partial charge in [0.15, 0.2) is 0 Å². The maximum Gasteiger partial charge on any atom is 0.244 e. The Balaban J connectivity index is 2.02. The molecule has 0 aromatic heterocycles. The van der Waals surface area contributed by atoms with E-state index in [4.69, 9.17) is 0 Å². The van der Waals surface area contributed by atoms with Crippen molar-refractivity contribution >= 4 is 21.8 Å². The first kappa shape index (κ1) is 15.3. The largest absolute Gasteiger partial charge is 0.352 e. The molecule has 1 saturated carbocycles. The van der Waals surface area contributed by atoms with Gasteiger partial charge in [0.2, 0.25) is 21.8 Å². The van der Waals surface area contributed by atoms with Crippen LogP contribution in [-0.2, 0) is 19.6 Å². The van der Waals surface area contributed by atoms with E-state index in [0.717, 1.165) is 36.2 Å². The van der Waals surface area contributed by atoms with Crippen LogP contribution >= 0.6 is 0 Å². The van der Waals surface area contributed by atoms with Gasteiger partial charge in [-0.15, -0.1) is 0 Å². The summed E-state index contributed by atoms with van der Waals surface area (Å²) in [4.78, 5) is 23.9. The summed E-state index contributed by atoms with van der Waals surface area (Å²) >= 11 is 0. The lowest BCUT2D eigenvalue weighted by Gasteiger charge is -2.24. The first-order valence-corrected chi connectivity index (χ1v) is 9.07. The van der Waals surface area contributed by atoms with Crippen LogP contribution in [0.1, 0.15) is 51.4 Å². The number of hydrogen-bond acceptors (Lipinski definition) is 4. The Hall–Kier alpha value is -1.11. The molecule has 1 heterocycles. The standard InChI is InChI=1S/C13H22N2O4S/c1-20(18,19)15-11(8-9-12(15)16)13(17)14-10-6-4-2-3-5-7-10/h10-11H,2-9H2,1H3,(H,14,17). The van der Waals surface area contributed by atoms with Crippen LogP contribution in [0.25, 0.3) is 0 Å². The second kappa shape index (κ2) is 6.11. The van der Waals surface area contributed by atoms with E-state index >= 15 is 0 Å². The third kappa shape index (κ3) is 3.50. The van der Waals surface area contributed by atoms with Crippen molar-refractivity contribution in [1.82, 2.24) is 9.62 Å². The molecule has 114 valence electrons. The Labute approximate surface area is 120 Å². The molecule has 7 heteroatoms. The molecule has 2 amide bonds. The van der Waals surface area contributed by atoms with Crippen LogP contribution in [-0.4, -0.2) is 42.9 Å². The first-order chi connectivity index (χ1) is 9.39. The Bertz CT molecular complexity index is 481. The number of sulfonamides is 1. The number of rotatable bonds is 3. The van der Waals surface area contributed by atoms with Gasteiger partial charge in [0.05, 0.1) is 6.26 Å². The molecule has 2 aliphatic rings. The zero-order valence-corrected chi connectivity index (χ0v) is 12.6. The summed E-state index contributed by atoms with van der Waals surface area (Å²) in [5, 5.41) is 2.93. The van der Waals surface area contributed by atoms with E-state index < -0.39 is 22.0 Å². The maximum atomic E-state index is 12.3. The maximum absolute atomic E-state index is 12.3. The Morgan fingerprint density at radius 3 is 2.30 bits per heavy atom. The molecular formula is C13H22N2O4S. The van der Waals surface area contributed by atoms with Crippen molar-refractivity contribution in [3.63, 3.8) is 0 Å². The van der Waals surface area contributed by atoms with E-state index in [1.54, 1.807) is 0 Å². The molecule has 1 saturated heterocycles. The highest BCUT2D eigenvalue weighted by Crippen LogP contribution is 2.23. The van der Waals surface area contributed by atoms with Crippen molar-refractivity contribution in [3.8, 4) is 0 Å². The summed E-state index contributed by atoms with van der Waals surface area (Å²) < 4.78 is 24.0. The lowest BCUT2D eigenvalue weighted by Crippen LogP contribution is -2.49. The Kier molecular flexibility index (Phi) is 4.67. The number of carbonyl (C=O) groups excluding carboxylic acids is 2. The van der Waals surface area contributed by atoms with E-state index in [1.165, 1.54) is 12.8 Å². The lowest BCUT2D eigenvalue weighted by atomic mass is 10.1. The van der Waals surface area contributed by atoms with Gasteiger partial charge < -0.3 is 5.32 Å². The van der Waals surface area contributed by atoms with Crippen molar-refractivity contribution in [2.24, 2.45) is 0 Å². The smallest absolute Gasteiger partial charge is 0.244 e. The fourth-order valence-electron chi connectivity index (χ4n) is 3.04. The quantitative estimate of drug-likeness (QED) is 0.781. The van der Waals surface area contributed by atoms with Crippen LogP contribution in [0.3, 0.4) is 0 Å². The van der Waals surface area contributed by atoms with Crippen LogP contribution in [0.15, 0.2) is 0 Å². The number of carbonyl (C=O) groups is 2. The molecule has 1 unspecified atom stereocenters. The van der Waals surface area contributed by atoms with Crippen molar-refractivity contribution < 1.29 is 18.0 Å². The number of hydrogen-bond donors (Lipinski definition) is 1. The predicted octanol–water partition coefficient (Wildman–Crippen LogP) is 0.776. The van der Waals surface area contributed by atoms with Crippen molar-refractivity contribution in [2.45, 2.75) is 63.5 Å². The molecule has 2 fully saturated rings. The lowest BCUT2D eigenvalue weighted by molar-refractivity contribution is -0.131. The molecule has 1 N–H and O–H groups in total. The summed E-state index contributed by atoms with van der Waals surface area (Å²) in [7, 11) is -3.67. The molecule has 0 aromatic carbocycles. The minimum Gasteiger partial charge on any atom is -0.352 e. The van der Waals surface area contributed by atoms with Gasteiger partial charge in [-0.2, -0.15) is 0 Å². The third-order valence-electron chi connectivity index (χ3n) is 4.02. The van der Waals surface area contributed by atoms with Crippen LogP contribution in [0.2, 0.25) is 0 Å². The number of amides is 2. The van der Waals surface area contributed by atoms with E-state index in [1.807, 2.05) is 0 Å². The molecule has 1 aliphatic heterocycles. The molecule has 20 heavy (non-hydrogen) atoms. The van der Waals surface area contributed by atoms with Crippen LogP contribution in [0.5, 0.6) is 0 Å². The van der Waals surface area contributed by atoms with Crippen LogP contribution in [0.4, 0.5) is 0 Å². The minimum absolute atomic E-state index is 0.113. The predicted molar refractivity (Wildman–Crippen MR) is 74.3 cm³/mol. The zero-order valence-electron chi connectivity index (χ0n) is 11.8. The zero-order chi connectivity index (χ0) is 14.8. The number of nitrogens with zero attached hydrogens (tertiary/aromatic N) is 1. The minimum atomic E-state index is -3.67. The molecule has 0 radical (unpaired) electrons. The number of nitrogens with one attached hydrogen (secondary N) is 1. The van der Waals surface area contributed by atoms with Crippen molar-refractivity contribution in [1.29, 1.82) is 0 Å². The van der Waals surface area contributed by atoms with Crippen molar-refractivity contribution in [3.05, 3.63) is 0 Å². The van der Waals surface area contributed by atoms with E-state index in [2.05, 4.69) is 5.32 Å². The van der Waals surface area contributed by atoms with Crippen LogP contribution in [0, 0.1) is 0 Å². The monoisotopic (exact) mass is 302 g/mol. The highest BCUT2D eigenvalue weighted by atomic mass is 32.2. The fraction of sp³-hybridized carbons (Fsp3) is 0.846. The summed E-state index contributed by atoms with van der Waals surface area (Å²) in [5.41, 5.74) is 0. The van der Waals surface area contributed by atoms with Crippen LogP contribution < -0.4 is 5.32 Å². The molecular weight excluding hydrogens is 280 g/mol. The van der Waals surface area contributed by atoms with Gasteiger partial charge in [-0.25, -0.2) is 12.7 Å². The SMILES string of the molecule is CS(=O)(=O)N1C(=O)CCC1C(=O)NC1CCCCCC1. The topological polar surface area (TPSA) is 83.6 Å². The van der Waals surface area contributed by atoms with E-state index in [0.29, 0.717) is 0 Å². The highest BCUT2D eigenvalue weighted by Gasteiger charge is 2.41. The second-order valence-electron chi connectivity index (χ2n) is 5.70. The molecule has 0 aromatic rings. The van der Waals surface area contributed by atoms with E-state index in [-0.39, 0.29) is 24.8 Å². The molecule has 6 nitrogen and oxygen atoms in total. The second-order valence-corrected chi connectivity index (χ2v) is 7.56. The summed E-state index contributed by atoms with van der Waals surface area (Å²) in [6.07, 6.45) is 7.79. The van der Waals surface area contributed by atoms with Gasteiger partial charge in [0.1, 0.15) is 6.04 Å². The molecule has 0 spiro atoms. The Morgan fingerprint density at radius 2 is 1.75 bits per heavy atom. The van der Waals surface area contributed by atoms with Gasteiger partial charge in [0.25, 0.3) is 0 Å². The molecule has 1 atom stereocenters. The Morgan fingerprint density at radius 1 is 1.15 bits per heavy atom. The summed E-state index contributed by atoms with van der Waals surface area (Å²) in [5.74, 6) is -0.804. The molecule has 1 aliphatic carbocycles. The van der Waals surface area contributed by atoms with Crippen molar-refractivity contribution in [2.75, 3.05) is 6.26 Å². The fourth-order valence-corrected chi connectivity index (χ4v) is 4.16. The normalized spacial score (nSPS) is 25.6.